The fourth-order valence-electron chi connectivity index (χ4n) is 4.08. The molecule has 1 saturated heterocycles. The maximum Gasteiger partial charge on any atom is 0.433 e. The zero-order chi connectivity index (χ0) is 19.7. The van der Waals surface area contributed by atoms with Crippen molar-refractivity contribution in [3.8, 4) is 0 Å². The van der Waals surface area contributed by atoms with Gasteiger partial charge in [-0.2, -0.15) is 13.2 Å². The van der Waals surface area contributed by atoms with E-state index in [4.69, 9.17) is 0 Å². The minimum Gasteiger partial charge on any atom is -0.357 e. The summed E-state index contributed by atoms with van der Waals surface area (Å²) in [7, 11) is 0. The van der Waals surface area contributed by atoms with E-state index in [1.807, 2.05) is 28.0 Å². The highest BCUT2D eigenvalue weighted by Crippen LogP contribution is 2.32. The van der Waals surface area contributed by atoms with Gasteiger partial charge in [0.25, 0.3) is 0 Å². The van der Waals surface area contributed by atoms with Gasteiger partial charge in [-0.05, 0) is 48.9 Å². The first-order chi connectivity index (χ1) is 13.4. The second kappa shape index (κ2) is 7.45. The van der Waals surface area contributed by atoms with E-state index in [-0.39, 0.29) is 11.8 Å². The molecule has 0 spiro atoms. The van der Waals surface area contributed by atoms with Gasteiger partial charge in [0.2, 0.25) is 5.91 Å². The molecule has 0 aliphatic carbocycles. The summed E-state index contributed by atoms with van der Waals surface area (Å²) in [6.07, 6.45) is -1.51. The van der Waals surface area contributed by atoms with Crippen molar-refractivity contribution in [1.29, 1.82) is 0 Å². The van der Waals surface area contributed by atoms with E-state index in [9.17, 15) is 18.0 Å². The third-order valence-corrected chi connectivity index (χ3v) is 5.61. The van der Waals surface area contributed by atoms with Crippen LogP contribution in [0.4, 0.5) is 24.7 Å². The van der Waals surface area contributed by atoms with E-state index in [1.165, 1.54) is 11.6 Å². The molecule has 7 heteroatoms. The van der Waals surface area contributed by atoms with Crippen molar-refractivity contribution in [2.75, 3.05) is 29.4 Å². The summed E-state index contributed by atoms with van der Waals surface area (Å²) in [6, 6.07) is 12.0. The lowest BCUT2D eigenvalue weighted by Crippen LogP contribution is -2.37. The maximum atomic E-state index is 12.9. The first-order valence-electron chi connectivity index (χ1n) is 9.59. The van der Waals surface area contributed by atoms with Crippen molar-refractivity contribution >= 4 is 17.4 Å². The van der Waals surface area contributed by atoms with Gasteiger partial charge in [-0.15, -0.1) is 0 Å². The van der Waals surface area contributed by atoms with Crippen molar-refractivity contribution < 1.29 is 18.0 Å². The van der Waals surface area contributed by atoms with Gasteiger partial charge in [0, 0.05) is 31.7 Å². The number of amides is 1. The molecule has 1 aromatic heterocycles. The molecule has 0 radical (unpaired) electrons. The zero-order valence-electron chi connectivity index (χ0n) is 15.5. The third kappa shape index (κ3) is 3.84. The molecule has 4 nitrogen and oxygen atoms in total. The van der Waals surface area contributed by atoms with Crippen LogP contribution in [0, 0.1) is 5.92 Å². The minimum atomic E-state index is -4.44. The molecule has 1 amide bonds. The lowest BCUT2D eigenvalue weighted by atomic mass is 9.93. The molecule has 1 fully saturated rings. The molecule has 1 aromatic carbocycles. The van der Waals surface area contributed by atoms with Gasteiger partial charge in [0.05, 0.1) is 0 Å². The van der Waals surface area contributed by atoms with Gasteiger partial charge in [0.1, 0.15) is 11.5 Å². The molecule has 0 N–H and O–H groups in total. The van der Waals surface area contributed by atoms with Gasteiger partial charge in [0.15, 0.2) is 0 Å². The fourth-order valence-corrected chi connectivity index (χ4v) is 4.08. The van der Waals surface area contributed by atoms with E-state index >= 15 is 0 Å². The highest BCUT2D eigenvalue weighted by atomic mass is 19.4. The SMILES string of the molecule is O=C(CC1CCN(c2cccc(C(F)(F)F)n2)CC1)N1CCc2ccccc21. The average molecular weight is 389 g/mol. The molecule has 148 valence electrons. The number of fused-ring (bicyclic) bond motifs is 1. The Morgan fingerprint density at radius 3 is 2.54 bits per heavy atom. The molecular weight excluding hydrogens is 367 g/mol. The van der Waals surface area contributed by atoms with E-state index in [0.29, 0.717) is 25.3 Å². The fraction of sp³-hybridized carbons (Fsp3) is 0.429. The zero-order valence-corrected chi connectivity index (χ0v) is 15.5. The van der Waals surface area contributed by atoms with Gasteiger partial charge < -0.3 is 9.80 Å². The molecule has 0 atom stereocenters. The lowest BCUT2D eigenvalue weighted by molar-refractivity contribution is -0.141. The van der Waals surface area contributed by atoms with E-state index < -0.39 is 11.9 Å². The predicted molar refractivity (Wildman–Crippen MR) is 101 cm³/mol. The number of nitrogens with zero attached hydrogens (tertiary/aromatic N) is 3. The van der Waals surface area contributed by atoms with Crippen molar-refractivity contribution in [2.24, 2.45) is 5.92 Å². The van der Waals surface area contributed by atoms with Crippen LogP contribution < -0.4 is 9.80 Å². The molecule has 2 aliphatic heterocycles. The predicted octanol–water partition coefficient (Wildman–Crippen LogP) is 4.30. The van der Waals surface area contributed by atoms with E-state index in [1.54, 1.807) is 6.07 Å². The lowest BCUT2D eigenvalue weighted by Gasteiger charge is -2.33. The number of carbonyl (C=O) groups excluding carboxylic acids is 1. The van der Waals surface area contributed by atoms with E-state index in [2.05, 4.69) is 11.1 Å². The minimum absolute atomic E-state index is 0.139. The Morgan fingerprint density at radius 1 is 1.04 bits per heavy atom. The number of hydrogen-bond acceptors (Lipinski definition) is 3. The van der Waals surface area contributed by atoms with Crippen LogP contribution in [0.5, 0.6) is 0 Å². The highest BCUT2D eigenvalue weighted by molar-refractivity contribution is 5.95. The number of rotatable bonds is 3. The molecule has 28 heavy (non-hydrogen) atoms. The Bertz CT molecular complexity index is 860. The van der Waals surface area contributed by atoms with Gasteiger partial charge in [-0.3, -0.25) is 4.79 Å². The molecule has 3 heterocycles. The second-order valence-corrected chi connectivity index (χ2v) is 7.44. The highest BCUT2D eigenvalue weighted by Gasteiger charge is 2.33. The van der Waals surface area contributed by atoms with Crippen molar-refractivity contribution in [3.63, 3.8) is 0 Å². The Morgan fingerprint density at radius 2 is 1.79 bits per heavy atom. The van der Waals surface area contributed by atoms with E-state index in [0.717, 1.165) is 37.6 Å². The number of benzene rings is 1. The summed E-state index contributed by atoms with van der Waals surface area (Å²) in [4.78, 5) is 20.3. The molecule has 0 saturated carbocycles. The topological polar surface area (TPSA) is 36.4 Å². The first kappa shape index (κ1) is 18.8. The summed E-state index contributed by atoms with van der Waals surface area (Å²) in [5.74, 6) is 0.746. The van der Waals surface area contributed by atoms with Crippen LogP contribution in [-0.4, -0.2) is 30.5 Å². The van der Waals surface area contributed by atoms with Crippen LogP contribution in [0.3, 0.4) is 0 Å². The standard InChI is InChI=1S/C21H22F3N3O/c22-21(23,24)18-6-3-7-19(25-18)26-11-8-15(9-12-26)14-20(28)27-13-10-16-4-1-2-5-17(16)27/h1-7,15H,8-14H2. The number of carbonyl (C=O) groups is 1. The number of halogens is 3. The Hall–Kier alpha value is -2.57. The maximum absolute atomic E-state index is 12.9. The van der Waals surface area contributed by atoms with Crippen molar-refractivity contribution in [2.45, 2.75) is 31.9 Å². The summed E-state index contributed by atoms with van der Waals surface area (Å²) in [6.45, 7) is 1.96. The summed E-state index contributed by atoms with van der Waals surface area (Å²) in [5.41, 5.74) is 1.36. The largest absolute Gasteiger partial charge is 0.433 e. The summed E-state index contributed by atoms with van der Waals surface area (Å²) < 4.78 is 38.6. The second-order valence-electron chi connectivity index (χ2n) is 7.44. The Labute approximate surface area is 162 Å². The van der Waals surface area contributed by atoms with Gasteiger partial charge in [-0.1, -0.05) is 24.3 Å². The summed E-state index contributed by atoms with van der Waals surface area (Å²) >= 11 is 0. The van der Waals surface area contributed by atoms with Crippen LogP contribution in [0.2, 0.25) is 0 Å². The smallest absolute Gasteiger partial charge is 0.357 e. The van der Waals surface area contributed by atoms with Crippen molar-refractivity contribution in [1.82, 2.24) is 4.98 Å². The third-order valence-electron chi connectivity index (χ3n) is 5.61. The molecule has 0 bridgehead atoms. The first-order valence-corrected chi connectivity index (χ1v) is 9.59. The molecule has 2 aliphatic rings. The monoisotopic (exact) mass is 389 g/mol. The molecular formula is C21H22F3N3O. The Balaban J connectivity index is 1.34. The quantitative estimate of drug-likeness (QED) is 0.786. The number of hydrogen-bond donors (Lipinski definition) is 0. The number of anilines is 2. The number of para-hydroxylation sites is 1. The number of alkyl halides is 3. The van der Waals surface area contributed by atoms with Gasteiger partial charge in [-0.25, -0.2) is 4.98 Å². The van der Waals surface area contributed by atoms with Crippen LogP contribution in [-0.2, 0) is 17.4 Å². The molecule has 0 unspecified atom stereocenters. The van der Waals surface area contributed by atoms with Crippen LogP contribution in [0.1, 0.15) is 30.5 Å². The molecule has 4 rings (SSSR count). The molecule has 2 aromatic rings. The van der Waals surface area contributed by atoms with Gasteiger partial charge >= 0.3 is 6.18 Å². The van der Waals surface area contributed by atoms with Crippen LogP contribution in [0.15, 0.2) is 42.5 Å². The number of aromatic nitrogens is 1. The number of piperidine rings is 1. The average Bonchev–Trinajstić information content (AvgIpc) is 3.12. The van der Waals surface area contributed by atoms with Crippen LogP contribution in [0.25, 0.3) is 0 Å². The van der Waals surface area contributed by atoms with Crippen LogP contribution >= 0.6 is 0 Å². The normalized spacial score (nSPS) is 17.7. The number of pyridine rings is 1. The Kier molecular flexibility index (Phi) is 5.00. The van der Waals surface area contributed by atoms with Crippen molar-refractivity contribution in [3.05, 3.63) is 53.7 Å². The summed E-state index contributed by atoms with van der Waals surface area (Å²) in [5, 5.41) is 0.